The summed E-state index contributed by atoms with van der Waals surface area (Å²) in [6.07, 6.45) is 5.96. The SMILES string of the molecule is CNc1cccc(CN(C)CC2CC3CCC2C3)n1. The molecule has 0 amide bonds. The van der Waals surface area contributed by atoms with Gasteiger partial charge in [-0.15, -0.1) is 0 Å². The van der Waals surface area contributed by atoms with E-state index in [9.17, 15) is 0 Å². The molecule has 1 N–H and O–H groups in total. The third-order valence-electron chi connectivity index (χ3n) is 4.93. The summed E-state index contributed by atoms with van der Waals surface area (Å²) in [4.78, 5) is 7.05. The number of pyridine rings is 1. The lowest BCUT2D eigenvalue weighted by molar-refractivity contribution is 0.213. The van der Waals surface area contributed by atoms with Crippen molar-refractivity contribution in [3.8, 4) is 0 Å². The van der Waals surface area contributed by atoms with Crippen LogP contribution < -0.4 is 5.32 Å². The van der Waals surface area contributed by atoms with Crippen LogP contribution in [-0.2, 0) is 6.54 Å². The fourth-order valence-corrected chi connectivity index (χ4v) is 4.05. The number of nitrogens with one attached hydrogen (secondary N) is 1. The first-order valence-electron chi connectivity index (χ1n) is 7.57. The predicted molar refractivity (Wildman–Crippen MR) is 79.1 cm³/mol. The van der Waals surface area contributed by atoms with Gasteiger partial charge in [-0.25, -0.2) is 4.98 Å². The fraction of sp³-hybridized carbons (Fsp3) is 0.688. The molecular weight excluding hydrogens is 234 g/mol. The first-order valence-corrected chi connectivity index (χ1v) is 7.57. The molecule has 1 heterocycles. The largest absolute Gasteiger partial charge is 0.373 e. The third kappa shape index (κ3) is 2.92. The molecule has 0 radical (unpaired) electrons. The Bertz CT molecular complexity index is 432. The Morgan fingerprint density at radius 3 is 2.89 bits per heavy atom. The Hall–Kier alpha value is -1.09. The minimum atomic E-state index is 0.941. The van der Waals surface area contributed by atoms with Crippen LogP contribution in [0.25, 0.3) is 0 Å². The molecule has 19 heavy (non-hydrogen) atoms. The standard InChI is InChI=1S/C16H25N3/c1-17-16-5-3-4-15(18-16)11-19(2)10-14-9-12-6-7-13(14)8-12/h3-5,12-14H,6-11H2,1-2H3,(H,17,18). The molecule has 2 saturated carbocycles. The van der Waals surface area contributed by atoms with E-state index in [4.69, 9.17) is 0 Å². The van der Waals surface area contributed by atoms with Crippen LogP contribution >= 0.6 is 0 Å². The van der Waals surface area contributed by atoms with E-state index in [1.807, 2.05) is 13.1 Å². The molecule has 3 nitrogen and oxygen atoms in total. The fourth-order valence-electron chi connectivity index (χ4n) is 4.05. The Morgan fingerprint density at radius 1 is 1.32 bits per heavy atom. The third-order valence-corrected chi connectivity index (χ3v) is 4.93. The second-order valence-corrected chi connectivity index (χ2v) is 6.40. The molecule has 1 aromatic rings. The van der Waals surface area contributed by atoms with Crippen molar-refractivity contribution in [2.75, 3.05) is 26.0 Å². The van der Waals surface area contributed by atoms with E-state index in [2.05, 4.69) is 34.4 Å². The molecule has 2 fully saturated rings. The van der Waals surface area contributed by atoms with Crippen molar-refractivity contribution in [2.24, 2.45) is 17.8 Å². The number of hydrogen-bond acceptors (Lipinski definition) is 3. The van der Waals surface area contributed by atoms with Crippen LogP contribution in [0.5, 0.6) is 0 Å². The Morgan fingerprint density at radius 2 is 2.21 bits per heavy atom. The van der Waals surface area contributed by atoms with Crippen LogP contribution in [0.1, 0.15) is 31.4 Å². The lowest BCUT2D eigenvalue weighted by Gasteiger charge is -2.27. The van der Waals surface area contributed by atoms with E-state index >= 15 is 0 Å². The van der Waals surface area contributed by atoms with E-state index in [0.29, 0.717) is 0 Å². The molecule has 0 aromatic carbocycles. The molecule has 3 atom stereocenters. The molecule has 2 aliphatic carbocycles. The number of anilines is 1. The van der Waals surface area contributed by atoms with E-state index in [0.717, 1.165) is 35.8 Å². The van der Waals surface area contributed by atoms with Gasteiger partial charge >= 0.3 is 0 Å². The van der Waals surface area contributed by atoms with Crippen LogP contribution in [0.2, 0.25) is 0 Å². The highest BCUT2D eigenvalue weighted by atomic mass is 15.1. The van der Waals surface area contributed by atoms with Crippen molar-refractivity contribution >= 4 is 5.82 Å². The van der Waals surface area contributed by atoms with E-state index in [-0.39, 0.29) is 0 Å². The Labute approximate surface area is 116 Å². The molecule has 3 rings (SSSR count). The molecule has 0 spiro atoms. The molecular formula is C16H25N3. The smallest absolute Gasteiger partial charge is 0.126 e. The summed E-state index contributed by atoms with van der Waals surface area (Å²) in [7, 11) is 4.16. The van der Waals surface area contributed by atoms with Crippen LogP contribution in [0.3, 0.4) is 0 Å². The molecule has 0 saturated heterocycles. The van der Waals surface area contributed by atoms with Crippen molar-refractivity contribution in [3.05, 3.63) is 23.9 Å². The maximum Gasteiger partial charge on any atom is 0.126 e. The molecule has 104 valence electrons. The summed E-state index contributed by atoms with van der Waals surface area (Å²) in [5, 5.41) is 3.11. The van der Waals surface area contributed by atoms with Crippen molar-refractivity contribution in [1.29, 1.82) is 0 Å². The summed E-state index contributed by atoms with van der Waals surface area (Å²) in [6.45, 7) is 2.20. The van der Waals surface area contributed by atoms with Gasteiger partial charge in [0, 0.05) is 20.1 Å². The summed E-state index contributed by atoms with van der Waals surface area (Å²) in [5.41, 5.74) is 1.16. The van der Waals surface area contributed by atoms with Crippen LogP contribution in [0.15, 0.2) is 18.2 Å². The quantitative estimate of drug-likeness (QED) is 0.881. The molecule has 3 heteroatoms. The lowest BCUT2D eigenvalue weighted by Crippen LogP contribution is -2.28. The van der Waals surface area contributed by atoms with Gasteiger partial charge in [0.1, 0.15) is 5.82 Å². The van der Waals surface area contributed by atoms with Crippen molar-refractivity contribution in [1.82, 2.24) is 9.88 Å². The minimum Gasteiger partial charge on any atom is -0.373 e. The van der Waals surface area contributed by atoms with Crippen molar-refractivity contribution in [3.63, 3.8) is 0 Å². The van der Waals surface area contributed by atoms with Crippen LogP contribution in [-0.4, -0.2) is 30.5 Å². The highest BCUT2D eigenvalue weighted by Gasteiger charge is 2.39. The summed E-state index contributed by atoms with van der Waals surface area (Å²) in [5.74, 6) is 3.97. The van der Waals surface area contributed by atoms with Crippen molar-refractivity contribution < 1.29 is 0 Å². The first-order chi connectivity index (χ1) is 9.24. The maximum absolute atomic E-state index is 4.60. The summed E-state index contributed by atoms with van der Waals surface area (Å²) < 4.78 is 0. The lowest BCUT2D eigenvalue weighted by atomic mass is 9.88. The predicted octanol–water partition coefficient (Wildman–Crippen LogP) is 2.99. The highest BCUT2D eigenvalue weighted by Crippen LogP contribution is 2.48. The second-order valence-electron chi connectivity index (χ2n) is 6.40. The highest BCUT2D eigenvalue weighted by molar-refractivity contribution is 5.34. The number of nitrogens with zero attached hydrogens (tertiary/aromatic N) is 2. The molecule has 2 aliphatic rings. The van der Waals surface area contributed by atoms with Gasteiger partial charge in [0.2, 0.25) is 0 Å². The summed E-state index contributed by atoms with van der Waals surface area (Å²) >= 11 is 0. The van der Waals surface area contributed by atoms with Gasteiger partial charge in [-0.1, -0.05) is 12.5 Å². The Balaban J connectivity index is 1.54. The number of fused-ring (bicyclic) bond motifs is 2. The van der Waals surface area contributed by atoms with Gasteiger partial charge in [0.05, 0.1) is 5.69 Å². The van der Waals surface area contributed by atoms with E-state index < -0.39 is 0 Å². The van der Waals surface area contributed by atoms with Gasteiger partial charge in [-0.3, -0.25) is 0 Å². The monoisotopic (exact) mass is 259 g/mol. The average molecular weight is 259 g/mol. The zero-order valence-corrected chi connectivity index (χ0v) is 12.1. The zero-order valence-electron chi connectivity index (χ0n) is 12.1. The Kier molecular flexibility index (Phi) is 3.74. The molecule has 1 aromatic heterocycles. The van der Waals surface area contributed by atoms with Gasteiger partial charge in [0.25, 0.3) is 0 Å². The van der Waals surface area contributed by atoms with E-state index in [1.54, 1.807) is 0 Å². The van der Waals surface area contributed by atoms with Gasteiger partial charge in [-0.2, -0.15) is 0 Å². The minimum absolute atomic E-state index is 0.941. The molecule has 3 unspecified atom stereocenters. The zero-order chi connectivity index (χ0) is 13.2. The van der Waals surface area contributed by atoms with Gasteiger partial charge in [0.15, 0.2) is 0 Å². The molecule has 2 bridgehead atoms. The topological polar surface area (TPSA) is 28.2 Å². The van der Waals surface area contributed by atoms with Gasteiger partial charge < -0.3 is 10.2 Å². The maximum atomic E-state index is 4.60. The first kappa shape index (κ1) is 12.9. The number of rotatable bonds is 5. The molecule has 0 aliphatic heterocycles. The summed E-state index contributed by atoms with van der Waals surface area (Å²) in [6, 6.07) is 6.22. The normalized spacial score (nSPS) is 29.1. The van der Waals surface area contributed by atoms with E-state index in [1.165, 1.54) is 32.2 Å². The van der Waals surface area contributed by atoms with Crippen LogP contribution in [0, 0.1) is 17.8 Å². The second kappa shape index (κ2) is 5.49. The van der Waals surface area contributed by atoms with Crippen molar-refractivity contribution in [2.45, 2.75) is 32.2 Å². The average Bonchev–Trinajstić information content (AvgIpc) is 3.01. The number of hydrogen-bond donors (Lipinski definition) is 1. The van der Waals surface area contributed by atoms with Gasteiger partial charge in [-0.05, 0) is 56.2 Å². The number of aromatic nitrogens is 1. The van der Waals surface area contributed by atoms with Crippen LogP contribution in [0.4, 0.5) is 5.82 Å².